The Kier molecular flexibility index (Phi) is 3.86. The maximum absolute atomic E-state index is 13.7. The number of hydrogen-bond acceptors (Lipinski definition) is 3. The van der Waals surface area contributed by atoms with Crippen LogP contribution in [-0.4, -0.2) is 9.97 Å². The predicted octanol–water partition coefficient (Wildman–Crippen LogP) is 3.55. The molecule has 4 heteroatoms. The van der Waals surface area contributed by atoms with Crippen LogP contribution in [-0.2, 0) is 0 Å². The summed E-state index contributed by atoms with van der Waals surface area (Å²) in [5, 5.41) is 9.16. The zero-order chi connectivity index (χ0) is 13.8. The van der Waals surface area contributed by atoms with Gasteiger partial charge in [0.2, 0.25) is 0 Å². The van der Waals surface area contributed by atoms with Crippen LogP contribution in [0.4, 0.5) is 4.39 Å². The standard InChI is InChI=1S/C15H14FN3/c1-10(2)12(9-17)15-18-8-7-14(19-15)11-5-3-4-6-13(11)16/h3-8,10,12H,1-2H3. The molecule has 1 aromatic carbocycles. The molecule has 2 aromatic rings. The SMILES string of the molecule is CC(C)C(C#N)c1nccc(-c2ccccc2F)n1. The number of nitrogens with zero attached hydrogens (tertiary/aromatic N) is 3. The molecule has 0 saturated heterocycles. The summed E-state index contributed by atoms with van der Waals surface area (Å²) in [4.78, 5) is 8.45. The highest BCUT2D eigenvalue weighted by molar-refractivity contribution is 5.59. The third-order valence-corrected chi connectivity index (χ3v) is 2.91. The summed E-state index contributed by atoms with van der Waals surface area (Å²) in [6.07, 6.45) is 1.57. The first kappa shape index (κ1) is 13.2. The molecule has 1 aromatic heterocycles. The van der Waals surface area contributed by atoms with Crippen molar-refractivity contribution in [2.24, 2.45) is 5.92 Å². The molecular weight excluding hydrogens is 241 g/mol. The Morgan fingerprint density at radius 3 is 2.58 bits per heavy atom. The van der Waals surface area contributed by atoms with Crippen LogP contribution < -0.4 is 0 Å². The molecule has 2 rings (SSSR count). The molecule has 0 saturated carbocycles. The van der Waals surface area contributed by atoms with E-state index in [9.17, 15) is 4.39 Å². The molecule has 0 fully saturated rings. The maximum Gasteiger partial charge on any atom is 0.146 e. The number of hydrogen-bond donors (Lipinski definition) is 0. The van der Waals surface area contributed by atoms with Crippen LogP contribution in [0.1, 0.15) is 25.6 Å². The Hall–Kier alpha value is -2.28. The first-order valence-corrected chi connectivity index (χ1v) is 6.11. The van der Waals surface area contributed by atoms with E-state index in [0.29, 0.717) is 17.1 Å². The molecule has 0 aliphatic carbocycles. The van der Waals surface area contributed by atoms with Crippen molar-refractivity contribution in [3.63, 3.8) is 0 Å². The van der Waals surface area contributed by atoms with Crippen molar-refractivity contribution in [3.8, 4) is 17.3 Å². The molecular formula is C15H14FN3. The summed E-state index contributed by atoms with van der Waals surface area (Å²) in [5.41, 5.74) is 0.926. The zero-order valence-corrected chi connectivity index (χ0v) is 10.8. The van der Waals surface area contributed by atoms with Crippen molar-refractivity contribution in [2.75, 3.05) is 0 Å². The quantitative estimate of drug-likeness (QED) is 0.842. The fourth-order valence-corrected chi connectivity index (χ4v) is 1.85. The van der Waals surface area contributed by atoms with Crippen molar-refractivity contribution in [2.45, 2.75) is 19.8 Å². The molecule has 96 valence electrons. The molecule has 1 heterocycles. The molecule has 0 aliphatic rings. The monoisotopic (exact) mass is 255 g/mol. The third kappa shape index (κ3) is 2.76. The summed E-state index contributed by atoms with van der Waals surface area (Å²) in [6.45, 7) is 3.88. The topological polar surface area (TPSA) is 49.6 Å². The highest BCUT2D eigenvalue weighted by atomic mass is 19.1. The molecule has 3 nitrogen and oxygen atoms in total. The van der Waals surface area contributed by atoms with E-state index in [0.717, 1.165) is 0 Å². The average molecular weight is 255 g/mol. The second-order valence-corrected chi connectivity index (χ2v) is 4.63. The molecule has 1 unspecified atom stereocenters. The van der Waals surface area contributed by atoms with E-state index in [4.69, 9.17) is 5.26 Å². The van der Waals surface area contributed by atoms with Gasteiger partial charge in [-0.25, -0.2) is 14.4 Å². The lowest BCUT2D eigenvalue weighted by atomic mass is 9.96. The average Bonchev–Trinajstić information content (AvgIpc) is 2.40. The molecule has 0 amide bonds. The third-order valence-electron chi connectivity index (χ3n) is 2.91. The van der Waals surface area contributed by atoms with Gasteiger partial charge in [-0.05, 0) is 24.1 Å². The summed E-state index contributed by atoms with van der Waals surface area (Å²) in [5.74, 6) is -0.156. The molecule has 0 spiro atoms. The van der Waals surface area contributed by atoms with Gasteiger partial charge in [-0.15, -0.1) is 0 Å². The minimum atomic E-state index is -0.383. The first-order valence-electron chi connectivity index (χ1n) is 6.11. The van der Waals surface area contributed by atoms with Gasteiger partial charge in [0, 0.05) is 11.8 Å². The molecule has 0 aliphatic heterocycles. The first-order chi connectivity index (χ1) is 9.13. The molecule has 0 bridgehead atoms. The summed E-state index contributed by atoms with van der Waals surface area (Å²) >= 11 is 0. The van der Waals surface area contributed by atoms with Gasteiger partial charge >= 0.3 is 0 Å². The second-order valence-electron chi connectivity index (χ2n) is 4.63. The number of benzene rings is 1. The number of rotatable bonds is 3. The Balaban J connectivity index is 2.46. The van der Waals surface area contributed by atoms with Gasteiger partial charge in [-0.3, -0.25) is 0 Å². The van der Waals surface area contributed by atoms with Gasteiger partial charge in [-0.1, -0.05) is 26.0 Å². The van der Waals surface area contributed by atoms with Crippen molar-refractivity contribution >= 4 is 0 Å². The summed E-state index contributed by atoms with van der Waals surface area (Å²) in [7, 11) is 0. The Bertz CT molecular complexity index is 617. The van der Waals surface area contributed by atoms with Gasteiger partial charge in [0.1, 0.15) is 17.6 Å². The maximum atomic E-state index is 13.7. The van der Waals surface area contributed by atoms with E-state index in [1.807, 2.05) is 13.8 Å². The fraction of sp³-hybridized carbons (Fsp3) is 0.267. The van der Waals surface area contributed by atoms with Crippen LogP contribution >= 0.6 is 0 Å². The lowest BCUT2D eigenvalue weighted by Gasteiger charge is -2.12. The lowest BCUT2D eigenvalue weighted by Crippen LogP contribution is -2.09. The lowest BCUT2D eigenvalue weighted by molar-refractivity contribution is 0.561. The van der Waals surface area contributed by atoms with E-state index >= 15 is 0 Å². The number of aromatic nitrogens is 2. The molecule has 19 heavy (non-hydrogen) atoms. The van der Waals surface area contributed by atoms with Crippen LogP contribution in [0.15, 0.2) is 36.5 Å². The van der Waals surface area contributed by atoms with Crippen LogP contribution in [0.3, 0.4) is 0 Å². The van der Waals surface area contributed by atoms with Crippen LogP contribution in [0.2, 0.25) is 0 Å². The van der Waals surface area contributed by atoms with E-state index in [1.165, 1.54) is 6.07 Å². The van der Waals surface area contributed by atoms with Crippen LogP contribution in [0.5, 0.6) is 0 Å². The highest BCUT2D eigenvalue weighted by Crippen LogP contribution is 2.24. The molecule has 1 atom stereocenters. The van der Waals surface area contributed by atoms with Gasteiger partial charge < -0.3 is 0 Å². The van der Waals surface area contributed by atoms with Gasteiger partial charge in [0.25, 0.3) is 0 Å². The highest BCUT2D eigenvalue weighted by Gasteiger charge is 2.19. The van der Waals surface area contributed by atoms with Gasteiger partial charge in [-0.2, -0.15) is 5.26 Å². The predicted molar refractivity (Wildman–Crippen MR) is 70.6 cm³/mol. The Morgan fingerprint density at radius 2 is 1.95 bits per heavy atom. The molecule has 0 N–H and O–H groups in total. The van der Waals surface area contributed by atoms with E-state index in [-0.39, 0.29) is 17.7 Å². The normalized spacial score (nSPS) is 12.2. The van der Waals surface area contributed by atoms with Crippen LogP contribution in [0.25, 0.3) is 11.3 Å². The Morgan fingerprint density at radius 1 is 1.21 bits per heavy atom. The second kappa shape index (κ2) is 5.57. The fourth-order valence-electron chi connectivity index (χ4n) is 1.85. The Labute approximate surface area is 111 Å². The van der Waals surface area contributed by atoms with E-state index in [1.54, 1.807) is 30.5 Å². The van der Waals surface area contributed by atoms with Crippen molar-refractivity contribution in [3.05, 3.63) is 48.2 Å². The molecule has 0 radical (unpaired) electrons. The minimum absolute atomic E-state index is 0.112. The number of halogens is 1. The van der Waals surface area contributed by atoms with Gasteiger partial charge in [0.15, 0.2) is 0 Å². The largest absolute Gasteiger partial charge is 0.240 e. The van der Waals surface area contributed by atoms with E-state index < -0.39 is 0 Å². The van der Waals surface area contributed by atoms with E-state index in [2.05, 4.69) is 16.0 Å². The van der Waals surface area contributed by atoms with Crippen molar-refractivity contribution in [1.29, 1.82) is 5.26 Å². The van der Waals surface area contributed by atoms with Crippen LogP contribution in [0, 0.1) is 23.1 Å². The minimum Gasteiger partial charge on any atom is -0.240 e. The smallest absolute Gasteiger partial charge is 0.146 e. The van der Waals surface area contributed by atoms with Crippen molar-refractivity contribution in [1.82, 2.24) is 9.97 Å². The summed E-state index contributed by atoms with van der Waals surface area (Å²) in [6, 6.07) is 10.3. The van der Waals surface area contributed by atoms with Gasteiger partial charge in [0.05, 0.1) is 11.8 Å². The zero-order valence-electron chi connectivity index (χ0n) is 10.8. The number of nitriles is 1. The summed E-state index contributed by atoms with van der Waals surface area (Å²) < 4.78 is 13.7. The van der Waals surface area contributed by atoms with Crippen molar-refractivity contribution < 1.29 is 4.39 Å².